The van der Waals surface area contributed by atoms with Gasteiger partial charge >= 0.3 is 0 Å². The number of carbonyl (C=O) groups is 2. The van der Waals surface area contributed by atoms with Crippen LogP contribution in [0.1, 0.15) is 44.6 Å². The van der Waals surface area contributed by atoms with Gasteiger partial charge in [0, 0.05) is 24.1 Å². The minimum Gasteiger partial charge on any atom is -0.497 e. The Kier molecular flexibility index (Phi) is 10.9. The number of aryl methyl sites for hydroxylation is 1. The minimum atomic E-state index is -0.381. The Balaban J connectivity index is 1.22. The molecule has 1 aliphatic rings. The Morgan fingerprint density at radius 2 is 1.78 bits per heavy atom. The highest BCUT2D eigenvalue weighted by Gasteiger charge is 2.36. The van der Waals surface area contributed by atoms with E-state index in [4.69, 9.17) is 19.3 Å². The second-order valence-corrected chi connectivity index (χ2v) is 12.9. The fraction of sp³-hybridized carbons (Fsp3) is 0.250. The van der Waals surface area contributed by atoms with Crippen LogP contribution < -0.4 is 19.5 Å². The third kappa shape index (κ3) is 7.79. The van der Waals surface area contributed by atoms with Gasteiger partial charge in [-0.05, 0) is 47.7 Å². The zero-order valence-corrected chi connectivity index (χ0v) is 29.0. The van der Waals surface area contributed by atoms with E-state index in [1.807, 2.05) is 58.5 Å². The summed E-state index contributed by atoms with van der Waals surface area (Å²) in [6.45, 7) is 0.719. The van der Waals surface area contributed by atoms with Gasteiger partial charge in [0.15, 0.2) is 22.5 Å². The maximum Gasteiger partial charge on any atom is 0.253 e. The minimum absolute atomic E-state index is 0.0731. The Labute approximate surface area is 292 Å². The summed E-state index contributed by atoms with van der Waals surface area (Å²) in [5.74, 6) is 1.97. The van der Waals surface area contributed by atoms with E-state index in [9.17, 15) is 9.59 Å². The number of carbonyl (C=O) groups excluding carboxylic acids is 2. The third-order valence-corrected chi connectivity index (χ3v) is 9.96. The second-order valence-electron chi connectivity index (χ2n) is 11.1. The molecule has 2 amide bonds. The number of methoxy groups -OCH3 is 3. The van der Waals surface area contributed by atoms with Crippen molar-refractivity contribution in [3.63, 3.8) is 0 Å². The predicted molar refractivity (Wildman–Crippen MR) is 190 cm³/mol. The quantitative estimate of drug-likeness (QED) is 0.140. The van der Waals surface area contributed by atoms with Crippen LogP contribution in [0.15, 0.2) is 101 Å². The van der Waals surface area contributed by atoms with Crippen LogP contribution in [0.25, 0.3) is 0 Å². The predicted octanol–water partition coefficient (Wildman–Crippen LogP) is 6.01. The van der Waals surface area contributed by atoms with E-state index in [1.54, 1.807) is 61.9 Å². The average molecular weight is 697 g/mol. The number of hydrogen-bond donors (Lipinski definition) is 1. The van der Waals surface area contributed by atoms with Crippen LogP contribution >= 0.6 is 23.1 Å². The van der Waals surface area contributed by atoms with Crippen LogP contribution in [0.5, 0.6) is 17.2 Å². The normalized spacial score (nSPS) is 14.0. The van der Waals surface area contributed by atoms with E-state index in [0.29, 0.717) is 46.8 Å². The van der Waals surface area contributed by atoms with E-state index >= 15 is 0 Å². The molecule has 49 heavy (non-hydrogen) atoms. The molecule has 0 saturated heterocycles. The molecule has 0 spiro atoms. The van der Waals surface area contributed by atoms with Crippen molar-refractivity contribution in [1.29, 1.82) is 0 Å². The number of nitrogens with one attached hydrogen (secondary N) is 1. The number of benzene rings is 3. The molecule has 252 valence electrons. The molecule has 0 saturated carbocycles. The molecule has 1 N–H and O–H groups in total. The molecule has 3 heterocycles. The van der Waals surface area contributed by atoms with Crippen molar-refractivity contribution in [2.45, 2.75) is 37.1 Å². The van der Waals surface area contributed by atoms with Crippen LogP contribution in [0.2, 0.25) is 0 Å². The van der Waals surface area contributed by atoms with Crippen molar-refractivity contribution in [1.82, 2.24) is 25.1 Å². The average Bonchev–Trinajstić information content (AvgIpc) is 3.92. The van der Waals surface area contributed by atoms with Crippen molar-refractivity contribution in [2.24, 2.45) is 5.10 Å². The first-order chi connectivity index (χ1) is 24.0. The molecule has 2 aromatic heterocycles. The number of nitrogens with zero attached hydrogens (tertiary/aromatic N) is 5. The molecule has 1 aliphatic heterocycles. The number of thioether (sulfide) groups is 1. The molecule has 0 aliphatic carbocycles. The first-order valence-electron chi connectivity index (χ1n) is 15.6. The molecule has 0 bridgehead atoms. The van der Waals surface area contributed by atoms with Crippen LogP contribution in [0.3, 0.4) is 0 Å². The lowest BCUT2D eigenvalue weighted by Gasteiger charge is -2.24. The molecule has 13 heteroatoms. The van der Waals surface area contributed by atoms with Gasteiger partial charge in [-0.2, -0.15) is 5.10 Å². The molecule has 6 rings (SSSR count). The highest BCUT2D eigenvalue weighted by molar-refractivity contribution is 7.99. The van der Waals surface area contributed by atoms with Crippen LogP contribution in [-0.4, -0.2) is 64.4 Å². The van der Waals surface area contributed by atoms with E-state index in [0.717, 1.165) is 28.1 Å². The van der Waals surface area contributed by atoms with Crippen LogP contribution in [0, 0.1) is 0 Å². The van der Waals surface area contributed by atoms with Crippen molar-refractivity contribution in [2.75, 3.05) is 27.1 Å². The van der Waals surface area contributed by atoms with Crippen molar-refractivity contribution in [3.05, 3.63) is 118 Å². The second kappa shape index (κ2) is 15.8. The zero-order valence-electron chi connectivity index (χ0n) is 27.4. The largest absolute Gasteiger partial charge is 0.497 e. The van der Waals surface area contributed by atoms with Gasteiger partial charge in [-0.3, -0.25) is 9.59 Å². The SMILES string of the molecule is COc1cccc(C(=O)NCc2nnc(SCC(=O)N3N=C(c4cccs4)C[C@H]3c3cccc(OC)c3OC)n2CCc2ccccc2)c1. The molecule has 3 aromatic carbocycles. The van der Waals surface area contributed by atoms with Crippen molar-refractivity contribution < 1.29 is 23.8 Å². The first-order valence-corrected chi connectivity index (χ1v) is 17.5. The Bertz CT molecular complexity index is 1930. The van der Waals surface area contributed by atoms with Gasteiger partial charge in [-0.25, -0.2) is 5.01 Å². The Hall–Kier alpha value is -5.14. The standard InChI is InChI=1S/C36H36N6O5S2/c1-45-26-13-7-12-25(20-26)35(44)37-22-32-38-39-36(41(32)18-17-24-10-5-4-6-11-24)49-23-33(43)42-29(21-28(40-42)31-16-9-19-48-31)27-14-8-15-30(46-2)34(27)47-3/h4-16,19-20,29H,17-18,21-23H2,1-3H3,(H,37,44)/t29-/m0/s1. The molecule has 0 radical (unpaired) electrons. The lowest BCUT2D eigenvalue weighted by molar-refractivity contribution is -0.130. The summed E-state index contributed by atoms with van der Waals surface area (Å²) in [7, 11) is 4.75. The van der Waals surface area contributed by atoms with Gasteiger partial charge in [0.25, 0.3) is 11.8 Å². The summed E-state index contributed by atoms with van der Waals surface area (Å²) >= 11 is 2.88. The van der Waals surface area contributed by atoms with Gasteiger partial charge in [0.05, 0.1) is 50.3 Å². The molecular formula is C36H36N6O5S2. The van der Waals surface area contributed by atoms with Gasteiger partial charge in [0.2, 0.25) is 0 Å². The summed E-state index contributed by atoms with van der Waals surface area (Å²) in [5, 5.41) is 20.8. The number of ether oxygens (including phenoxy) is 3. The zero-order chi connectivity index (χ0) is 34.2. The van der Waals surface area contributed by atoms with E-state index in [-0.39, 0.29) is 30.2 Å². The summed E-state index contributed by atoms with van der Waals surface area (Å²) in [6.07, 6.45) is 1.25. The molecule has 0 fully saturated rings. The van der Waals surface area contributed by atoms with E-state index < -0.39 is 0 Å². The van der Waals surface area contributed by atoms with Gasteiger partial charge in [-0.15, -0.1) is 21.5 Å². The molecular weight excluding hydrogens is 661 g/mol. The molecule has 1 atom stereocenters. The summed E-state index contributed by atoms with van der Waals surface area (Å²) in [5.41, 5.74) is 3.28. The Morgan fingerprint density at radius 1 is 0.939 bits per heavy atom. The molecule has 0 unspecified atom stereocenters. The molecule has 11 nitrogen and oxygen atoms in total. The fourth-order valence-corrected chi connectivity index (χ4v) is 7.19. The maximum absolute atomic E-state index is 14.0. The number of aromatic nitrogens is 3. The number of hydrogen-bond acceptors (Lipinski definition) is 10. The summed E-state index contributed by atoms with van der Waals surface area (Å²) < 4.78 is 18.5. The number of hydrazone groups is 1. The summed E-state index contributed by atoms with van der Waals surface area (Å²) in [4.78, 5) is 28.0. The maximum atomic E-state index is 14.0. The number of para-hydroxylation sites is 1. The van der Waals surface area contributed by atoms with Gasteiger partial charge in [0.1, 0.15) is 5.75 Å². The highest BCUT2D eigenvalue weighted by atomic mass is 32.2. The fourth-order valence-electron chi connectivity index (χ4n) is 5.63. The third-order valence-electron chi connectivity index (χ3n) is 8.09. The van der Waals surface area contributed by atoms with E-state index in [2.05, 4.69) is 27.6 Å². The van der Waals surface area contributed by atoms with Gasteiger partial charge < -0.3 is 24.1 Å². The number of rotatable bonds is 14. The lowest BCUT2D eigenvalue weighted by Crippen LogP contribution is -2.29. The van der Waals surface area contributed by atoms with Crippen molar-refractivity contribution in [3.8, 4) is 17.2 Å². The van der Waals surface area contributed by atoms with E-state index in [1.165, 1.54) is 11.8 Å². The summed E-state index contributed by atoms with van der Waals surface area (Å²) in [6, 6.07) is 26.3. The van der Waals surface area contributed by atoms with Crippen LogP contribution in [0.4, 0.5) is 0 Å². The number of amides is 2. The van der Waals surface area contributed by atoms with Crippen LogP contribution in [-0.2, 0) is 24.3 Å². The topological polar surface area (TPSA) is 120 Å². The lowest BCUT2D eigenvalue weighted by atomic mass is 9.99. The Morgan fingerprint density at radius 3 is 2.53 bits per heavy atom. The molecule has 5 aromatic rings. The smallest absolute Gasteiger partial charge is 0.253 e. The monoisotopic (exact) mass is 696 g/mol. The van der Waals surface area contributed by atoms with Gasteiger partial charge in [-0.1, -0.05) is 66.4 Å². The highest BCUT2D eigenvalue weighted by Crippen LogP contribution is 2.42. The first kappa shape index (κ1) is 33.7. The number of thiophene rings is 1. The van der Waals surface area contributed by atoms with Crippen molar-refractivity contribution >= 4 is 40.6 Å².